The van der Waals surface area contributed by atoms with Gasteiger partial charge >= 0.3 is 0 Å². The molecule has 2 bridgehead atoms. The van der Waals surface area contributed by atoms with Crippen molar-refractivity contribution in [3.05, 3.63) is 36.3 Å². The van der Waals surface area contributed by atoms with E-state index in [0.717, 1.165) is 18.7 Å². The van der Waals surface area contributed by atoms with Crippen LogP contribution >= 0.6 is 0 Å². The number of halogens is 2. The smallest absolute Gasteiger partial charge is 0.260 e. The lowest BCUT2D eigenvalue weighted by atomic mass is 10.1. The summed E-state index contributed by atoms with van der Waals surface area (Å²) >= 11 is 0. The Labute approximate surface area is 183 Å². The molecule has 170 valence electrons. The fourth-order valence-electron chi connectivity index (χ4n) is 4.62. The number of alkyl halides is 2. The molecule has 3 aliphatic rings. The fraction of sp³-hybridized carbons (Fsp3) is 0.524. The molecule has 11 heteroatoms. The highest BCUT2D eigenvalue weighted by Gasteiger charge is 2.64. The van der Waals surface area contributed by atoms with Gasteiger partial charge in [-0.3, -0.25) is 9.78 Å². The standard InChI is InChI=1S/C21H25F2N7O2/c22-21(23)7-15(21)19(32)30-13-2-3-14(30)10-29(9-13)18-5-6-25-20(28-18)27-12-1-4-17(26-8-12)16(24)11-31/h1,4-6,8,13-16,31H,2-3,7,9-11,24H2,(H,25,27,28)/t13-,14+,15-,16+/m0/s1. The minimum atomic E-state index is -2.84. The van der Waals surface area contributed by atoms with E-state index >= 15 is 0 Å². The van der Waals surface area contributed by atoms with Gasteiger partial charge in [-0.25, -0.2) is 13.8 Å². The van der Waals surface area contributed by atoms with Gasteiger partial charge in [-0.15, -0.1) is 0 Å². The quantitative estimate of drug-likeness (QED) is 0.611. The fourth-order valence-corrected chi connectivity index (χ4v) is 4.62. The average molecular weight is 445 g/mol. The van der Waals surface area contributed by atoms with E-state index in [0.29, 0.717) is 30.4 Å². The zero-order valence-corrected chi connectivity index (χ0v) is 17.4. The highest BCUT2D eigenvalue weighted by atomic mass is 19.3. The molecule has 4 N–H and O–H groups in total. The second-order valence-corrected chi connectivity index (χ2v) is 8.68. The molecular weight excluding hydrogens is 420 g/mol. The van der Waals surface area contributed by atoms with Crippen molar-refractivity contribution in [1.82, 2.24) is 19.9 Å². The molecule has 2 aromatic heterocycles. The molecule has 1 amide bonds. The number of piperazine rings is 1. The van der Waals surface area contributed by atoms with Crippen molar-refractivity contribution in [2.24, 2.45) is 11.7 Å². The third kappa shape index (κ3) is 3.86. The number of hydrogen-bond donors (Lipinski definition) is 3. The highest BCUT2D eigenvalue weighted by Crippen LogP contribution is 2.51. The summed E-state index contributed by atoms with van der Waals surface area (Å²) in [5, 5.41) is 12.2. The lowest BCUT2D eigenvalue weighted by Crippen LogP contribution is -2.56. The monoisotopic (exact) mass is 445 g/mol. The molecule has 0 spiro atoms. The maximum Gasteiger partial charge on any atom is 0.260 e. The lowest BCUT2D eigenvalue weighted by Gasteiger charge is -2.41. The van der Waals surface area contributed by atoms with E-state index in [1.165, 1.54) is 0 Å². The SMILES string of the molecule is N[C@H](CO)c1ccc(Nc2nccc(N3C[C@H]4CC[C@@H](C3)N4C(=O)[C@@H]3CC3(F)F)n2)cn1. The summed E-state index contributed by atoms with van der Waals surface area (Å²) in [6, 6.07) is 4.64. The second-order valence-electron chi connectivity index (χ2n) is 8.68. The van der Waals surface area contributed by atoms with Gasteiger partial charge < -0.3 is 26.0 Å². The minimum absolute atomic E-state index is 0.0727. The van der Waals surface area contributed by atoms with Crippen LogP contribution in [0.25, 0.3) is 0 Å². The molecule has 3 fully saturated rings. The molecule has 1 aliphatic carbocycles. The van der Waals surface area contributed by atoms with Crippen molar-refractivity contribution in [1.29, 1.82) is 0 Å². The van der Waals surface area contributed by atoms with Crippen LogP contribution in [0, 0.1) is 5.92 Å². The number of amides is 1. The van der Waals surface area contributed by atoms with E-state index < -0.39 is 23.8 Å². The maximum atomic E-state index is 13.4. The van der Waals surface area contributed by atoms with Crippen LogP contribution in [0.2, 0.25) is 0 Å². The molecule has 2 saturated heterocycles. The Morgan fingerprint density at radius 1 is 1.25 bits per heavy atom. The number of aliphatic hydroxyl groups is 1. The second kappa shape index (κ2) is 7.89. The molecular formula is C21H25F2N7O2. The molecule has 2 aromatic rings. The van der Waals surface area contributed by atoms with E-state index in [4.69, 9.17) is 10.8 Å². The van der Waals surface area contributed by atoms with Gasteiger partial charge in [-0.1, -0.05) is 0 Å². The van der Waals surface area contributed by atoms with Gasteiger partial charge in [0.1, 0.15) is 11.7 Å². The number of fused-ring (bicyclic) bond motifs is 2. The summed E-state index contributed by atoms with van der Waals surface area (Å²) in [6.07, 6.45) is 4.55. The van der Waals surface area contributed by atoms with Crippen LogP contribution in [0.15, 0.2) is 30.6 Å². The van der Waals surface area contributed by atoms with E-state index in [2.05, 4.69) is 25.2 Å². The molecule has 9 nitrogen and oxygen atoms in total. The third-order valence-electron chi connectivity index (χ3n) is 6.44. The van der Waals surface area contributed by atoms with Crippen molar-refractivity contribution < 1.29 is 18.7 Å². The summed E-state index contributed by atoms with van der Waals surface area (Å²) < 4.78 is 26.8. The van der Waals surface area contributed by atoms with Crippen LogP contribution in [-0.2, 0) is 4.79 Å². The van der Waals surface area contributed by atoms with E-state index in [1.54, 1.807) is 35.5 Å². The van der Waals surface area contributed by atoms with Gasteiger partial charge in [-0.05, 0) is 31.0 Å². The van der Waals surface area contributed by atoms with Gasteiger partial charge in [0.15, 0.2) is 0 Å². The molecule has 4 atom stereocenters. The van der Waals surface area contributed by atoms with Crippen LogP contribution < -0.4 is 16.0 Å². The minimum Gasteiger partial charge on any atom is -0.394 e. The Balaban J connectivity index is 1.26. The molecule has 1 saturated carbocycles. The number of nitrogens with zero attached hydrogens (tertiary/aromatic N) is 5. The van der Waals surface area contributed by atoms with Gasteiger partial charge in [0.05, 0.1) is 30.2 Å². The van der Waals surface area contributed by atoms with E-state index in [9.17, 15) is 13.6 Å². The number of nitrogens with one attached hydrogen (secondary N) is 1. The first-order chi connectivity index (χ1) is 15.4. The number of aliphatic hydroxyl groups excluding tert-OH is 1. The first kappa shape index (κ1) is 21.0. The lowest BCUT2D eigenvalue weighted by molar-refractivity contribution is -0.138. The van der Waals surface area contributed by atoms with Gasteiger partial charge in [0.2, 0.25) is 11.9 Å². The summed E-state index contributed by atoms with van der Waals surface area (Å²) in [5.74, 6) is -3.26. The molecule has 0 unspecified atom stereocenters. The van der Waals surface area contributed by atoms with Crippen molar-refractivity contribution in [2.45, 2.75) is 43.3 Å². The van der Waals surface area contributed by atoms with Crippen molar-refractivity contribution >= 4 is 23.4 Å². The van der Waals surface area contributed by atoms with E-state index in [1.807, 2.05) is 0 Å². The van der Waals surface area contributed by atoms with Crippen molar-refractivity contribution in [2.75, 3.05) is 29.9 Å². The molecule has 0 radical (unpaired) electrons. The van der Waals surface area contributed by atoms with Crippen molar-refractivity contribution in [3.63, 3.8) is 0 Å². The van der Waals surface area contributed by atoms with Gasteiger partial charge in [-0.2, -0.15) is 4.98 Å². The largest absolute Gasteiger partial charge is 0.394 e. The first-order valence-corrected chi connectivity index (χ1v) is 10.7. The Morgan fingerprint density at radius 3 is 2.56 bits per heavy atom. The third-order valence-corrected chi connectivity index (χ3v) is 6.44. The van der Waals surface area contributed by atoms with Crippen LogP contribution in [0.3, 0.4) is 0 Å². The molecule has 2 aliphatic heterocycles. The number of pyridine rings is 1. The maximum absolute atomic E-state index is 13.4. The molecule has 4 heterocycles. The Bertz CT molecular complexity index is 992. The number of anilines is 3. The molecule has 5 rings (SSSR count). The number of hydrogen-bond acceptors (Lipinski definition) is 8. The predicted molar refractivity (Wildman–Crippen MR) is 112 cm³/mol. The van der Waals surface area contributed by atoms with Crippen LogP contribution in [0.4, 0.5) is 26.2 Å². The predicted octanol–water partition coefficient (Wildman–Crippen LogP) is 1.44. The van der Waals surface area contributed by atoms with Crippen LogP contribution in [0.5, 0.6) is 0 Å². The zero-order chi connectivity index (χ0) is 22.5. The van der Waals surface area contributed by atoms with Gasteiger partial charge in [0.25, 0.3) is 5.92 Å². The zero-order valence-electron chi connectivity index (χ0n) is 17.4. The van der Waals surface area contributed by atoms with Crippen LogP contribution in [0.1, 0.15) is 31.0 Å². The van der Waals surface area contributed by atoms with Crippen molar-refractivity contribution in [3.8, 4) is 0 Å². The first-order valence-electron chi connectivity index (χ1n) is 10.7. The summed E-state index contributed by atoms with van der Waals surface area (Å²) in [6.45, 7) is 0.938. The number of rotatable bonds is 6. The normalized spacial score (nSPS) is 26.7. The summed E-state index contributed by atoms with van der Waals surface area (Å²) in [5.41, 5.74) is 7.02. The summed E-state index contributed by atoms with van der Waals surface area (Å²) in [4.78, 5) is 29.5. The topological polar surface area (TPSA) is 120 Å². The summed E-state index contributed by atoms with van der Waals surface area (Å²) in [7, 11) is 0. The van der Waals surface area contributed by atoms with Crippen LogP contribution in [-0.4, -0.2) is 68.6 Å². The number of carbonyl (C=O) groups is 1. The molecule has 32 heavy (non-hydrogen) atoms. The van der Waals surface area contributed by atoms with Gasteiger partial charge in [0, 0.05) is 37.8 Å². The Kier molecular flexibility index (Phi) is 5.17. The number of aromatic nitrogens is 3. The number of nitrogens with two attached hydrogens (primary N) is 1. The van der Waals surface area contributed by atoms with E-state index in [-0.39, 0.29) is 25.1 Å². The average Bonchev–Trinajstić information content (AvgIpc) is 3.36. The number of carbonyl (C=O) groups excluding carboxylic acids is 1. The Hall–Kier alpha value is -2.92. The Morgan fingerprint density at radius 2 is 1.97 bits per heavy atom. The highest BCUT2D eigenvalue weighted by molar-refractivity contribution is 5.84. The molecule has 0 aromatic carbocycles.